The van der Waals surface area contributed by atoms with E-state index in [9.17, 15) is 9.59 Å². The molecule has 0 radical (unpaired) electrons. The van der Waals surface area contributed by atoms with Crippen molar-refractivity contribution in [2.24, 2.45) is 5.92 Å². The highest BCUT2D eigenvalue weighted by atomic mass is 35.5. The van der Waals surface area contributed by atoms with Gasteiger partial charge in [-0.05, 0) is 50.4 Å². The van der Waals surface area contributed by atoms with Gasteiger partial charge in [0.25, 0.3) is 5.91 Å². The number of hydrogen-bond donors (Lipinski definition) is 2. The zero-order chi connectivity index (χ0) is 17.2. The molecule has 5 nitrogen and oxygen atoms in total. The first kappa shape index (κ1) is 21.5. The number of benzene rings is 1. The van der Waals surface area contributed by atoms with Crippen LogP contribution in [-0.4, -0.2) is 49.4 Å². The molecule has 0 bridgehead atoms. The third-order valence-electron chi connectivity index (χ3n) is 4.54. The number of piperidine rings is 1. The van der Waals surface area contributed by atoms with E-state index in [0.29, 0.717) is 30.9 Å². The van der Waals surface area contributed by atoms with Gasteiger partial charge in [-0.25, -0.2) is 0 Å². The Labute approximate surface area is 157 Å². The molecule has 2 N–H and O–H groups in total. The fourth-order valence-electron chi connectivity index (χ4n) is 3.03. The van der Waals surface area contributed by atoms with Gasteiger partial charge in [-0.1, -0.05) is 25.1 Å². The van der Waals surface area contributed by atoms with Gasteiger partial charge in [0.15, 0.2) is 0 Å². The third kappa shape index (κ3) is 7.45. The van der Waals surface area contributed by atoms with Crippen LogP contribution in [0.5, 0.6) is 0 Å². The molecule has 1 aliphatic rings. The van der Waals surface area contributed by atoms with Gasteiger partial charge in [-0.2, -0.15) is 0 Å². The van der Waals surface area contributed by atoms with Crippen LogP contribution in [0.15, 0.2) is 30.3 Å². The van der Waals surface area contributed by atoms with E-state index in [2.05, 4.69) is 17.6 Å². The summed E-state index contributed by atoms with van der Waals surface area (Å²) in [5.41, 5.74) is 0.659. The number of amides is 2. The Kier molecular flexibility index (Phi) is 10.2. The summed E-state index contributed by atoms with van der Waals surface area (Å²) < 4.78 is 0. The first-order valence-corrected chi connectivity index (χ1v) is 9.02. The SMILES string of the molecule is CCNCC1CCN(C(=O)CCCNC(=O)c2ccccc2)CC1.Cl. The highest BCUT2D eigenvalue weighted by Crippen LogP contribution is 2.17. The summed E-state index contributed by atoms with van der Waals surface area (Å²) in [4.78, 5) is 26.1. The van der Waals surface area contributed by atoms with Crippen molar-refractivity contribution < 1.29 is 9.59 Å². The van der Waals surface area contributed by atoms with E-state index < -0.39 is 0 Å². The lowest BCUT2D eigenvalue weighted by atomic mass is 9.96. The second-order valence-corrected chi connectivity index (χ2v) is 6.36. The van der Waals surface area contributed by atoms with E-state index in [1.165, 1.54) is 0 Å². The summed E-state index contributed by atoms with van der Waals surface area (Å²) in [6, 6.07) is 9.16. The van der Waals surface area contributed by atoms with E-state index in [-0.39, 0.29) is 24.2 Å². The molecular formula is C19H30ClN3O2. The lowest BCUT2D eigenvalue weighted by Gasteiger charge is -2.32. The van der Waals surface area contributed by atoms with Crippen molar-refractivity contribution in [2.75, 3.05) is 32.7 Å². The number of carbonyl (C=O) groups excluding carboxylic acids is 2. The van der Waals surface area contributed by atoms with Crippen molar-refractivity contribution in [3.05, 3.63) is 35.9 Å². The molecule has 0 aliphatic carbocycles. The Hall–Kier alpha value is -1.59. The first-order valence-electron chi connectivity index (χ1n) is 9.02. The lowest BCUT2D eigenvalue weighted by Crippen LogP contribution is -2.41. The quantitative estimate of drug-likeness (QED) is 0.694. The van der Waals surface area contributed by atoms with Crippen molar-refractivity contribution in [3.63, 3.8) is 0 Å². The summed E-state index contributed by atoms with van der Waals surface area (Å²) in [5, 5.41) is 6.25. The molecule has 25 heavy (non-hydrogen) atoms. The Bertz CT molecular complexity index is 517. The largest absolute Gasteiger partial charge is 0.352 e. The first-order chi connectivity index (χ1) is 11.7. The number of halogens is 1. The van der Waals surface area contributed by atoms with Crippen molar-refractivity contribution >= 4 is 24.2 Å². The van der Waals surface area contributed by atoms with Crippen molar-refractivity contribution in [1.29, 1.82) is 0 Å². The molecule has 1 saturated heterocycles. The molecular weight excluding hydrogens is 338 g/mol. The molecule has 1 aromatic carbocycles. The van der Waals surface area contributed by atoms with Crippen molar-refractivity contribution in [2.45, 2.75) is 32.6 Å². The van der Waals surface area contributed by atoms with Crippen molar-refractivity contribution in [3.8, 4) is 0 Å². The monoisotopic (exact) mass is 367 g/mol. The highest BCUT2D eigenvalue weighted by Gasteiger charge is 2.21. The molecule has 140 valence electrons. The second kappa shape index (κ2) is 11.9. The number of carbonyl (C=O) groups is 2. The van der Waals surface area contributed by atoms with Gasteiger partial charge in [0, 0.05) is 31.6 Å². The predicted molar refractivity (Wildman–Crippen MR) is 103 cm³/mol. The summed E-state index contributed by atoms with van der Waals surface area (Å²) in [7, 11) is 0. The van der Waals surface area contributed by atoms with Crippen LogP contribution in [0.4, 0.5) is 0 Å². The number of nitrogens with zero attached hydrogens (tertiary/aromatic N) is 1. The molecule has 0 atom stereocenters. The zero-order valence-electron chi connectivity index (χ0n) is 15.0. The number of hydrogen-bond acceptors (Lipinski definition) is 3. The summed E-state index contributed by atoms with van der Waals surface area (Å²) in [5.74, 6) is 0.831. The van der Waals surface area contributed by atoms with E-state index in [1.807, 2.05) is 23.1 Å². The standard InChI is InChI=1S/C19H29N3O2.ClH/c1-2-20-15-16-10-13-22(14-11-16)18(23)9-6-12-21-19(24)17-7-4-3-5-8-17;/h3-5,7-8,16,20H,2,6,9-15H2,1H3,(H,21,24);1H. The molecule has 1 heterocycles. The van der Waals surface area contributed by atoms with Gasteiger partial charge in [0.2, 0.25) is 5.91 Å². The molecule has 1 aromatic rings. The molecule has 1 fully saturated rings. The van der Waals surface area contributed by atoms with Crippen LogP contribution in [-0.2, 0) is 4.79 Å². The van der Waals surface area contributed by atoms with E-state index in [1.54, 1.807) is 12.1 Å². The molecule has 2 amide bonds. The van der Waals surface area contributed by atoms with Crippen LogP contribution in [0.1, 0.15) is 43.0 Å². The zero-order valence-corrected chi connectivity index (χ0v) is 15.8. The number of rotatable bonds is 8. The molecule has 0 unspecified atom stereocenters. The second-order valence-electron chi connectivity index (χ2n) is 6.36. The maximum Gasteiger partial charge on any atom is 0.251 e. The smallest absolute Gasteiger partial charge is 0.251 e. The van der Waals surface area contributed by atoms with Crippen LogP contribution < -0.4 is 10.6 Å². The minimum absolute atomic E-state index is 0. The molecule has 2 rings (SSSR count). The maximum atomic E-state index is 12.2. The molecule has 0 spiro atoms. The van der Waals surface area contributed by atoms with Gasteiger partial charge in [-0.3, -0.25) is 9.59 Å². The summed E-state index contributed by atoms with van der Waals surface area (Å²) >= 11 is 0. The van der Waals surface area contributed by atoms with Crippen LogP contribution in [0.2, 0.25) is 0 Å². The van der Waals surface area contributed by atoms with E-state index in [4.69, 9.17) is 0 Å². The van der Waals surface area contributed by atoms with Crippen LogP contribution >= 0.6 is 12.4 Å². The third-order valence-corrected chi connectivity index (χ3v) is 4.54. The lowest BCUT2D eigenvalue weighted by molar-refractivity contribution is -0.132. The molecule has 0 saturated carbocycles. The van der Waals surface area contributed by atoms with Gasteiger partial charge in [0.05, 0.1) is 0 Å². The van der Waals surface area contributed by atoms with Gasteiger partial charge in [-0.15, -0.1) is 12.4 Å². The fourth-order valence-corrected chi connectivity index (χ4v) is 3.03. The Morgan fingerprint density at radius 3 is 2.48 bits per heavy atom. The summed E-state index contributed by atoms with van der Waals surface area (Å²) in [6.07, 6.45) is 3.37. The normalized spacial score (nSPS) is 14.7. The number of likely N-dealkylation sites (tertiary alicyclic amines) is 1. The Morgan fingerprint density at radius 2 is 1.84 bits per heavy atom. The minimum atomic E-state index is -0.0766. The topological polar surface area (TPSA) is 61.4 Å². The van der Waals surface area contributed by atoms with Crippen molar-refractivity contribution in [1.82, 2.24) is 15.5 Å². The maximum absolute atomic E-state index is 12.2. The molecule has 0 aromatic heterocycles. The number of nitrogens with one attached hydrogen (secondary N) is 2. The molecule has 6 heteroatoms. The predicted octanol–water partition coefficient (Wildman–Crippen LogP) is 2.47. The average Bonchev–Trinajstić information content (AvgIpc) is 2.64. The van der Waals surface area contributed by atoms with E-state index in [0.717, 1.165) is 39.0 Å². The van der Waals surface area contributed by atoms with Crippen LogP contribution in [0.3, 0.4) is 0 Å². The van der Waals surface area contributed by atoms with Gasteiger partial charge >= 0.3 is 0 Å². The average molecular weight is 368 g/mol. The van der Waals surface area contributed by atoms with Crippen LogP contribution in [0, 0.1) is 5.92 Å². The minimum Gasteiger partial charge on any atom is -0.352 e. The fraction of sp³-hybridized carbons (Fsp3) is 0.579. The van der Waals surface area contributed by atoms with Gasteiger partial charge < -0.3 is 15.5 Å². The highest BCUT2D eigenvalue weighted by molar-refractivity contribution is 5.94. The Balaban J connectivity index is 0.00000312. The van der Waals surface area contributed by atoms with Gasteiger partial charge in [0.1, 0.15) is 0 Å². The molecule has 1 aliphatic heterocycles. The van der Waals surface area contributed by atoms with E-state index >= 15 is 0 Å². The summed E-state index contributed by atoms with van der Waals surface area (Å²) in [6.45, 7) is 6.46. The Morgan fingerprint density at radius 1 is 1.16 bits per heavy atom. The van der Waals surface area contributed by atoms with Crippen LogP contribution in [0.25, 0.3) is 0 Å².